The molecule has 0 saturated heterocycles. The summed E-state index contributed by atoms with van der Waals surface area (Å²) < 4.78 is 15.9. The monoisotopic (exact) mass is 246 g/mol. The van der Waals surface area contributed by atoms with E-state index in [4.69, 9.17) is 14.2 Å². The molecule has 4 nitrogen and oxygen atoms in total. The smallest absolute Gasteiger partial charge is 0.160 e. The van der Waals surface area contributed by atoms with Crippen LogP contribution in [0.25, 0.3) is 0 Å². The lowest BCUT2D eigenvalue weighted by molar-refractivity contribution is -0.126. The minimum absolute atomic E-state index is 0.0550. The Balaban J connectivity index is 3.11. The normalized spacial score (nSPS) is 11.4. The van der Waals surface area contributed by atoms with Crippen LogP contribution in [0.4, 0.5) is 0 Å². The molecule has 0 aromatic rings. The molecule has 0 atom stereocenters. The van der Waals surface area contributed by atoms with Crippen molar-refractivity contribution in [2.24, 2.45) is 5.92 Å². The highest BCUT2D eigenvalue weighted by Gasteiger charge is 2.06. The molecule has 0 aromatic carbocycles. The van der Waals surface area contributed by atoms with Gasteiger partial charge in [0, 0.05) is 19.1 Å². The van der Waals surface area contributed by atoms with Gasteiger partial charge < -0.3 is 14.2 Å². The van der Waals surface area contributed by atoms with Crippen LogP contribution in [0.15, 0.2) is 0 Å². The summed E-state index contributed by atoms with van der Waals surface area (Å²) in [5.41, 5.74) is 0. The third-order valence-electron chi connectivity index (χ3n) is 2.14. The predicted octanol–water partition coefficient (Wildman–Crippen LogP) is 2.06. The molecule has 4 heteroatoms. The quantitative estimate of drug-likeness (QED) is 0.523. The van der Waals surface area contributed by atoms with Crippen molar-refractivity contribution >= 4 is 5.78 Å². The first-order chi connectivity index (χ1) is 8.04. The molecular weight excluding hydrogens is 220 g/mol. The molecule has 17 heavy (non-hydrogen) atoms. The maximum atomic E-state index is 11.2. The Morgan fingerprint density at radius 2 is 1.59 bits per heavy atom. The summed E-state index contributed by atoms with van der Waals surface area (Å²) in [7, 11) is 0. The Labute approximate surface area is 105 Å². The molecule has 0 rings (SSSR count). The van der Waals surface area contributed by atoms with Gasteiger partial charge in [-0.2, -0.15) is 0 Å². The average Bonchev–Trinajstić information content (AvgIpc) is 2.25. The molecule has 0 radical (unpaired) electrons. The molecule has 0 aliphatic heterocycles. The Hall–Kier alpha value is -0.450. The van der Waals surface area contributed by atoms with Gasteiger partial charge in [0.15, 0.2) is 5.78 Å². The van der Waals surface area contributed by atoms with Crippen LogP contribution in [-0.2, 0) is 19.0 Å². The van der Waals surface area contributed by atoms with E-state index in [1.807, 2.05) is 27.7 Å². The van der Waals surface area contributed by atoms with Gasteiger partial charge in [0.05, 0.1) is 19.3 Å². The number of hydrogen-bond donors (Lipinski definition) is 0. The molecule has 0 aliphatic rings. The third kappa shape index (κ3) is 11.8. The standard InChI is InChI=1S/C13H26O4/c1-11(2)13(14)10-16-7-5-6-15-8-9-17-12(3)4/h11-12H,5-10H2,1-4H3. The van der Waals surface area contributed by atoms with E-state index in [1.165, 1.54) is 0 Å². The first kappa shape index (κ1) is 16.6. The van der Waals surface area contributed by atoms with Crippen LogP contribution in [-0.4, -0.2) is 44.9 Å². The second-order valence-corrected chi connectivity index (χ2v) is 4.56. The van der Waals surface area contributed by atoms with Crippen LogP contribution in [0.5, 0.6) is 0 Å². The molecule has 0 heterocycles. The topological polar surface area (TPSA) is 44.8 Å². The van der Waals surface area contributed by atoms with E-state index >= 15 is 0 Å². The molecule has 0 N–H and O–H groups in total. The van der Waals surface area contributed by atoms with Crippen molar-refractivity contribution in [1.29, 1.82) is 0 Å². The summed E-state index contributed by atoms with van der Waals surface area (Å²) in [5, 5.41) is 0. The number of hydrogen-bond acceptors (Lipinski definition) is 4. The second-order valence-electron chi connectivity index (χ2n) is 4.56. The van der Waals surface area contributed by atoms with E-state index in [-0.39, 0.29) is 24.4 Å². The molecule has 0 bridgehead atoms. The summed E-state index contributed by atoms with van der Waals surface area (Å²) in [4.78, 5) is 11.2. The second kappa shape index (κ2) is 10.7. The fourth-order valence-electron chi connectivity index (χ4n) is 1.05. The molecule has 0 saturated carbocycles. The zero-order valence-corrected chi connectivity index (χ0v) is 11.5. The van der Waals surface area contributed by atoms with Crippen molar-refractivity contribution in [2.45, 2.75) is 40.2 Å². The lowest BCUT2D eigenvalue weighted by Crippen LogP contribution is -2.16. The van der Waals surface area contributed by atoms with Gasteiger partial charge in [-0.3, -0.25) is 4.79 Å². The number of Topliss-reactive ketones (excluding diaryl/α,β-unsaturated/α-hetero) is 1. The predicted molar refractivity (Wildman–Crippen MR) is 67.2 cm³/mol. The first-order valence-electron chi connectivity index (χ1n) is 6.33. The highest BCUT2D eigenvalue weighted by molar-refractivity contribution is 5.81. The number of ether oxygens (including phenoxy) is 3. The maximum absolute atomic E-state index is 11.2. The van der Waals surface area contributed by atoms with Crippen molar-refractivity contribution in [2.75, 3.05) is 33.0 Å². The Kier molecular flexibility index (Phi) is 10.4. The van der Waals surface area contributed by atoms with E-state index in [1.54, 1.807) is 0 Å². The number of carbonyl (C=O) groups is 1. The van der Waals surface area contributed by atoms with Crippen LogP contribution >= 0.6 is 0 Å². The number of rotatable bonds is 11. The summed E-state index contributed by atoms with van der Waals surface area (Å²) in [6.07, 6.45) is 1.07. The largest absolute Gasteiger partial charge is 0.379 e. The minimum atomic E-state index is 0.0550. The molecule has 0 spiro atoms. The van der Waals surface area contributed by atoms with Gasteiger partial charge >= 0.3 is 0 Å². The fraction of sp³-hybridized carbons (Fsp3) is 0.923. The van der Waals surface area contributed by atoms with Crippen molar-refractivity contribution < 1.29 is 19.0 Å². The van der Waals surface area contributed by atoms with Crippen LogP contribution in [0.3, 0.4) is 0 Å². The highest BCUT2D eigenvalue weighted by Crippen LogP contribution is 1.95. The SMILES string of the molecule is CC(C)OCCOCCCOCC(=O)C(C)C. The van der Waals surface area contributed by atoms with Crippen LogP contribution in [0.1, 0.15) is 34.1 Å². The van der Waals surface area contributed by atoms with E-state index in [0.717, 1.165) is 6.42 Å². The van der Waals surface area contributed by atoms with Gasteiger partial charge in [0.1, 0.15) is 6.61 Å². The summed E-state index contributed by atoms with van der Waals surface area (Å²) in [6.45, 7) is 10.4. The molecule has 0 amide bonds. The summed E-state index contributed by atoms with van der Waals surface area (Å²) >= 11 is 0. The lowest BCUT2D eigenvalue weighted by atomic mass is 10.1. The van der Waals surface area contributed by atoms with Crippen LogP contribution in [0.2, 0.25) is 0 Å². The Morgan fingerprint density at radius 1 is 0.941 bits per heavy atom. The third-order valence-corrected chi connectivity index (χ3v) is 2.14. The first-order valence-corrected chi connectivity index (χ1v) is 6.33. The molecule has 0 aliphatic carbocycles. The fourth-order valence-corrected chi connectivity index (χ4v) is 1.05. The van der Waals surface area contributed by atoms with Crippen LogP contribution < -0.4 is 0 Å². The van der Waals surface area contributed by atoms with Crippen molar-refractivity contribution in [3.05, 3.63) is 0 Å². The van der Waals surface area contributed by atoms with Crippen molar-refractivity contribution in [3.8, 4) is 0 Å². The number of carbonyl (C=O) groups excluding carboxylic acids is 1. The molecule has 0 aromatic heterocycles. The maximum Gasteiger partial charge on any atom is 0.160 e. The van der Waals surface area contributed by atoms with Gasteiger partial charge in [-0.1, -0.05) is 13.8 Å². The van der Waals surface area contributed by atoms with Gasteiger partial charge in [0.25, 0.3) is 0 Å². The molecule has 0 unspecified atom stereocenters. The minimum Gasteiger partial charge on any atom is -0.379 e. The summed E-state index contributed by atoms with van der Waals surface area (Å²) in [5.74, 6) is 0.204. The van der Waals surface area contributed by atoms with E-state index in [0.29, 0.717) is 26.4 Å². The van der Waals surface area contributed by atoms with Crippen molar-refractivity contribution in [3.63, 3.8) is 0 Å². The molecule has 102 valence electrons. The van der Waals surface area contributed by atoms with E-state index < -0.39 is 0 Å². The van der Waals surface area contributed by atoms with Crippen LogP contribution in [0, 0.1) is 5.92 Å². The average molecular weight is 246 g/mol. The lowest BCUT2D eigenvalue weighted by Gasteiger charge is -2.08. The summed E-state index contributed by atoms with van der Waals surface area (Å²) in [6, 6.07) is 0. The van der Waals surface area contributed by atoms with Crippen molar-refractivity contribution in [1.82, 2.24) is 0 Å². The van der Waals surface area contributed by atoms with Gasteiger partial charge in [-0.25, -0.2) is 0 Å². The highest BCUT2D eigenvalue weighted by atomic mass is 16.5. The Morgan fingerprint density at radius 3 is 2.18 bits per heavy atom. The van der Waals surface area contributed by atoms with Gasteiger partial charge in [0.2, 0.25) is 0 Å². The zero-order valence-electron chi connectivity index (χ0n) is 11.5. The zero-order chi connectivity index (χ0) is 13.1. The number of ketones is 1. The molecular formula is C13H26O4. The van der Waals surface area contributed by atoms with E-state index in [9.17, 15) is 4.79 Å². The van der Waals surface area contributed by atoms with Gasteiger partial charge in [-0.15, -0.1) is 0 Å². The Bertz CT molecular complexity index is 190. The van der Waals surface area contributed by atoms with Gasteiger partial charge in [-0.05, 0) is 20.3 Å². The van der Waals surface area contributed by atoms with E-state index in [2.05, 4.69) is 0 Å². The molecule has 0 fully saturated rings.